The Morgan fingerprint density at radius 2 is 1.78 bits per heavy atom. The molecule has 37 heavy (non-hydrogen) atoms. The van der Waals surface area contributed by atoms with Gasteiger partial charge < -0.3 is 20.5 Å². The van der Waals surface area contributed by atoms with Crippen LogP contribution in [0.15, 0.2) is 30.3 Å². The highest BCUT2D eigenvalue weighted by Crippen LogP contribution is 2.54. The molecule has 3 aliphatic rings. The van der Waals surface area contributed by atoms with Crippen molar-refractivity contribution in [1.82, 2.24) is 10.2 Å². The molecule has 2 fully saturated rings. The molecule has 1 spiro atoms. The third kappa shape index (κ3) is 3.58. The number of anilines is 1. The number of carbonyl (C=O) groups is 4. The van der Waals surface area contributed by atoms with Crippen molar-refractivity contribution in [2.75, 3.05) is 26.1 Å². The van der Waals surface area contributed by atoms with Gasteiger partial charge in [-0.15, -0.1) is 0 Å². The summed E-state index contributed by atoms with van der Waals surface area (Å²) in [6.45, 7) is 3.96. The van der Waals surface area contributed by atoms with Crippen LogP contribution in [0, 0.1) is 25.7 Å². The Hall–Kier alpha value is -3.92. The van der Waals surface area contributed by atoms with Gasteiger partial charge in [0.05, 0.1) is 26.1 Å². The lowest BCUT2D eigenvalue weighted by molar-refractivity contribution is -0.142. The van der Waals surface area contributed by atoms with Crippen LogP contribution in [0.4, 0.5) is 5.69 Å². The van der Waals surface area contributed by atoms with Gasteiger partial charge in [0.2, 0.25) is 23.6 Å². The fourth-order valence-electron chi connectivity index (χ4n) is 6.07. The van der Waals surface area contributed by atoms with E-state index in [0.717, 1.165) is 16.7 Å². The lowest BCUT2D eigenvalue weighted by atomic mass is 9.76. The number of rotatable bonds is 7. The molecule has 3 heterocycles. The molecule has 10 heteroatoms. The number of likely N-dealkylation sites (tertiary alicyclic amines) is 1. The second kappa shape index (κ2) is 8.88. The normalized spacial score (nSPS) is 25.9. The van der Waals surface area contributed by atoms with E-state index in [1.165, 1.54) is 12.0 Å². The summed E-state index contributed by atoms with van der Waals surface area (Å²) in [5.41, 5.74) is 8.04. The maximum Gasteiger partial charge on any atom is 0.250 e. The van der Waals surface area contributed by atoms with E-state index in [0.29, 0.717) is 29.2 Å². The fraction of sp³-hybridized carbons (Fsp3) is 0.407. The predicted octanol–water partition coefficient (Wildman–Crippen LogP) is 1.16. The zero-order valence-corrected chi connectivity index (χ0v) is 21.2. The Morgan fingerprint density at radius 3 is 2.46 bits per heavy atom. The van der Waals surface area contributed by atoms with E-state index >= 15 is 0 Å². The summed E-state index contributed by atoms with van der Waals surface area (Å²) in [4.78, 5) is 54.2. The van der Waals surface area contributed by atoms with Crippen molar-refractivity contribution in [1.29, 1.82) is 0 Å². The van der Waals surface area contributed by atoms with Crippen LogP contribution in [0.25, 0.3) is 0 Å². The van der Waals surface area contributed by atoms with Gasteiger partial charge in [-0.05, 0) is 49.1 Å². The minimum atomic E-state index is -1.45. The highest BCUT2D eigenvalue weighted by Gasteiger charge is 2.70. The molecule has 2 aromatic rings. The Morgan fingerprint density at radius 1 is 1.05 bits per heavy atom. The fourth-order valence-corrected chi connectivity index (χ4v) is 6.07. The van der Waals surface area contributed by atoms with Crippen molar-refractivity contribution in [3.8, 4) is 11.5 Å². The van der Waals surface area contributed by atoms with E-state index in [9.17, 15) is 19.2 Å². The number of benzene rings is 2. The van der Waals surface area contributed by atoms with Crippen LogP contribution in [-0.2, 0) is 31.1 Å². The zero-order chi connectivity index (χ0) is 26.6. The maximum atomic E-state index is 13.9. The maximum absolute atomic E-state index is 13.9. The van der Waals surface area contributed by atoms with Crippen molar-refractivity contribution < 1.29 is 28.7 Å². The third-order valence-corrected chi connectivity index (χ3v) is 8.01. The van der Waals surface area contributed by atoms with E-state index in [-0.39, 0.29) is 13.0 Å². The Bertz CT molecular complexity index is 1340. The van der Waals surface area contributed by atoms with Gasteiger partial charge in [-0.1, -0.05) is 18.2 Å². The van der Waals surface area contributed by atoms with E-state index < -0.39 is 47.0 Å². The number of carbonyl (C=O) groups excluding carboxylic acids is 4. The SMILES string of the molecule is COc1ccc(CCN2C(=O)[C@@H]3[C@H](CC(N)=O)N[C@@]4(C(=O)Nc5c4ccc(C)c5C)[C@@H]3C2=O)cc1OC. The first-order valence-corrected chi connectivity index (χ1v) is 12.2. The second-order valence-corrected chi connectivity index (χ2v) is 9.88. The first-order valence-electron chi connectivity index (χ1n) is 12.2. The molecule has 0 aromatic heterocycles. The van der Waals surface area contributed by atoms with Crippen molar-refractivity contribution in [3.63, 3.8) is 0 Å². The summed E-state index contributed by atoms with van der Waals surface area (Å²) in [6.07, 6.45) is 0.220. The summed E-state index contributed by atoms with van der Waals surface area (Å²) >= 11 is 0. The molecule has 2 saturated heterocycles. The van der Waals surface area contributed by atoms with Gasteiger partial charge in [-0.25, -0.2) is 0 Å². The van der Waals surface area contributed by atoms with Gasteiger partial charge in [0.15, 0.2) is 11.5 Å². The zero-order valence-electron chi connectivity index (χ0n) is 21.2. The lowest BCUT2D eigenvalue weighted by Gasteiger charge is -2.29. The summed E-state index contributed by atoms with van der Waals surface area (Å²) < 4.78 is 10.6. The molecule has 4 amide bonds. The molecule has 194 valence electrons. The quantitative estimate of drug-likeness (QED) is 0.479. The van der Waals surface area contributed by atoms with Crippen LogP contribution in [0.3, 0.4) is 0 Å². The lowest BCUT2D eigenvalue weighted by Crippen LogP contribution is -2.53. The molecule has 4 N–H and O–H groups in total. The summed E-state index contributed by atoms with van der Waals surface area (Å²) in [5.74, 6) is -2.61. The minimum absolute atomic E-state index is 0.126. The van der Waals surface area contributed by atoms with E-state index in [2.05, 4.69) is 10.6 Å². The minimum Gasteiger partial charge on any atom is -0.493 e. The van der Waals surface area contributed by atoms with Crippen LogP contribution in [0.5, 0.6) is 11.5 Å². The van der Waals surface area contributed by atoms with Crippen LogP contribution < -0.4 is 25.8 Å². The van der Waals surface area contributed by atoms with Crippen LogP contribution in [0.1, 0.15) is 28.7 Å². The average Bonchev–Trinajstić information content (AvgIpc) is 3.44. The largest absolute Gasteiger partial charge is 0.493 e. The third-order valence-electron chi connectivity index (χ3n) is 8.01. The van der Waals surface area contributed by atoms with Gasteiger partial charge in [0.1, 0.15) is 5.54 Å². The summed E-state index contributed by atoms with van der Waals surface area (Å²) in [6, 6.07) is 8.37. The Balaban J connectivity index is 1.51. The monoisotopic (exact) mass is 506 g/mol. The van der Waals surface area contributed by atoms with Gasteiger partial charge in [-0.2, -0.15) is 0 Å². The molecule has 2 aromatic carbocycles. The van der Waals surface area contributed by atoms with E-state index in [1.807, 2.05) is 32.0 Å². The number of ether oxygens (including phenoxy) is 2. The van der Waals surface area contributed by atoms with Gasteiger partial charge in [-0.3, -0.25) is 29.4 Å². The van der Waals surface area contributed by atoms with Crippen molar-refractivity contribution in [3.05, 3.63) is 52.6 Å². The molecule has 0 bridgehead atoms. The number of nitrogens with two attached hydrogens (primary N) is 1. The van der Waals surface area contributed by atoms with E-state index in [4.69, 9.17) is 15.2 Å². The molecule has 5 rings (SSSR count). The smallest absolute Gasteiger partial charge is 0.250 e. The highest BCUT2D eigenvalue weighted by molar-refractivity contribution is 6.15. The van der Waals surface area contributed by atoms with Gasteiger partial charge >= 0.3 is 0 Å². The number of aryl methyl sites for hydroxylation is 1. The number of primary amides is 1. The summed E-state index contributed by atoms with van der Waals surface area (Å²) in [7, 11) is 3.08. The first-order chi connectivity index (χ1) is 17.6. The number of hydrogen-bond donors (Lipinski definition) is 3. The molecule has 0 radical (unpaired) electrons. The molecular formula is C27H30N4O6. The Kier molecular flexibility index (Phi) is 5.94. The number of methoxy groups -OCH3 is 2. The number of fused-ring (bicyclic) bond motifs is 4. The van der Waals surface area contributed by atoms with Gasteiger partial charge in [0.25, 0.3) is 0 Å². The van der Waals surface area contributed by atoms with Crippen molar-refractivity contribution in [2.24, 2.45) is 17.6 Å². The van der Waals surface area contributed by atoms with Crippen LogP contribution >= 0.6 is 0 Å². The van der Waals surface area contributed by atoms with Crippen LogP contribution in [0.2, 0.25) is 0 Å². The van der Waals surface area contributed by atoms with Crippen molar-refractivity contribution >= 4 is 29.3 Å². The van der Waals surface area contributed by atoms with Crippen LogP contribution in [-0.4, -0.2) is 55.3 Å². The van der Waals surface area contributed by atoms with E-state index in [1.54, 1.807) is 19.2 Å². The highest BCUT2D eigenvalue weighted by atomic mass is 16.5. The molecule has 10 nitrogen and oxygen atoms in total. The second-order valence-electron chi connectivity index (χ2n) is 9.88. The molecule has 4 atom stereocenters. The van der Waals surface area contributed by atoms with Gasteiger partial charge in [0, 0.05) is 30.3 Å². The standard InChI is InChI=1S/C27H30N4O6/c1-13-5-7-16-23(14(13)2)29-26(35)27(16)22-21(17(30-27)12-20(28)32)24(33)31(25(22)34)10-9-15-6-8-18(36-3)19(11-15)37-4/h5-8,11,17,21-22,30H,9-10,12H2,1-4H3,(H2,28,32)(H,29,35)/t17-,21+,22-,27+/m0/s1. The topological polar surface area (TPSA) is 140 Å². The molecule has 0 saturated carbocycles. The molecule has 3 aliphatic heterocycles. The number of amides is 4. The average molecular weight is 507 g/mol. The molecule has 0 unspecified atom stereocenters. The number of imide groups is 1. The predicted molar refractivity (Wildman–Crippen MR) is 134 cm³/mol. The summed E-state index contributed by atoms with van der Waals surface area (Å²) in [5, 5.41) is 6.16. The Labute approximate surface area is 214 Å². The number of hydrogen-bond acceptors (Lipinski definition) is 7. The first kappa shape index (κ1) is 24.8. The number of nitrogens with zero attached hydrogens (tertiary/aromatic N) is 1. The number of nitrogens with one attached hydrogen (secondary N) is 2. The molecule has 0 aliphatic carbocycles. The molecular weight excluding hydrogens is 476 g/mol. The van der Waals surface area contributed by atoms with Crippen molar-refractivity contribution in [2.45, 2.75) is 38.3 Å².